The van der Waals surface area contributed by atoms with Crippen LogP contribution in [0.4, 0.5) is 13.2 Å². The molecule has 0 bridgehead atoms. The molecule has 1 unspecified atom stereocenters. The molecule has 100 valence electrons. The summed E-state index contributed by atoms with van der Waals surface area (Å²) >= 11 is -0.208. The average molecular weight is 280 g/mol. The van der Waals surface area contributed by atoms with Gasteiger partial charge < -0.3 is 9.47 Å². The zero-order valence-electron chi connectivity index (χ0n) is 9.65. The lowest BCUT2D eigenvalue weighted by atomic mass is 10.3. The highest BCUT2D eigenvalue weighted by Crippen LogP contribution is 2.37. The van der Waals surface area contributed by atoms with Gasteiger partial charge in [0.15, 0.2) is 6.10 Å². The smallest absolute Gasteiger partial charge is 0.446 e. The molecule has 0 amide bonds. The van der Waals surface area contributed by atoms with E-state index in [4.69, 9.17) is 4.74 Å². The molecule has 0 radical (unpaired) electrons. The number of rotatable bonds is 4. The van der Waals surface area contributed by atoms with Crippen molar-refractivity contribution in [1.82, 2.24) is 0 Å². The van der Waals surface area contributed by atoms with Crippen molar-refractivity contribution in [2.75, 3.05) is 7.11 Å². The molecule has 1 rings (SSSR count). The normalized spacial score (nSPS) is 12.9. The van der Waals surface area contributed by atoms with E-state index in [2.05, 4.69) is 4.74 Å². The molecule has 0 aliphatic carbocycles. The Labute approximate surface area is 106 Å². The summed E-state index contributed by atoms with van der Waals surface area (Å²) in [6.07, 6.45) is -0.809. The minimum absolute atomic E-state index is 0.0561. The van der Waals surface area contributed by atoms with Crippen LogP contribution in [-0.2, 0) is 9.53 Å². The van der Waals surface area contributed by atoms with Gasteiger partial charge in [0.25, 0.3) is 0 Å². The molecule has 0 saturated carbocycles. The van der Waals surface area contributed by atoms with E-state index in [9.17, 15) is 18.0 Å². The van der Waals surface area contributed by atoms with Crippen LogP contribution in [0.3, 0.4) is 0 Å². The molecule has 0 N–H and O–H groups in total. The average Bonchev–Trinajstić information content (AvgIpc) is 2.28. The van der Waals surface area contributed by atoms with Gasteiger partial charge in [0.2, 0.25) is 0 Å². The fourth-order valence-electron chi connectivity index (χ4n) is 1.14. The zero-order valence-corrected chi connectivity index (χ0v) is 10.5. The van der Waals surface area contributed by atoms with Gasteiger partial charge in [-0.1, -0.05) is 0 Å². The third kappa shape index (κ3) is 4.87. The van der Waals surface area contributed by atoms with E-state index in [1.54, 1.807) is 0 Å². The van der Waals surface area contributed by atoms with Gasteiger partial charge in [-0.2, -0.15) is 13.2 Å². The lowest BCUT2D eigenvalue weighted by Gasteiger charge is -2.12. The number of thioether (sulfide) groups is 1. The van der Waals surface area contributed by atoms with Gasteiger partial charge in [-0.25, -0.2) is 4.79 Å². The lowest BCUT2D eigenvalue weighted by molar-refractivity contribution is -0.147. The SMILES string of the molecule is COC(=O)C(C)Oc1ccc(SC(F)(F)F)cc1. The molecule has 1 atom stereocenters. The van der Waals surface area contributed by atoms with Crippen LogP contribution in [0.15, 0.2) is 29.2 Å². The van der Waals surface area contributed by atoms with Crippen LogP contribution in [0.5, 0.6) is 5.75 Å². The Bertz CT molecular complexity index is 403. The fourth-order valence-corrected chi connectivity index (χ4v) is 1.68. The van der Waals surface area contributed by atoms with Crippen molar-refractivity contribution in [3.05, 3.63) is 24.3 Å². The van der Waals surface area contributed by atoms with Crippen LogP contribution in [0.2, 0.25) is 0 Å². The van der Waals surface area contributed by atoms with Gasteiger partial charge in [0.05, 0.1) is 7.11 Å². The first-order valence-corrected chi connectivity index (χ1v) is 5.74. The second-order valence-electron chi connectivity index (χ2n) is 3.30. The summed E-state index contributed by atoms with van der Waals surface area (Å²) in [5, 5.41) is 0. The second-order valence-corrected chi connectivity index (χ2v) is 4.44. The Balaban J connectivity index is 2.63. The first-order chi connectivity index (χ1) is 8.31. The summed E-state index contributed by atoms with van der Waals surface area (Å²) in [4.78, 5) is 11.1. The summed E-state index contributed by atoms with van der Waals surface area (Å²) in [7, 11) is 1.23. The minimum atomic E-state index is -4.32. The van der Waals surface area contributed by atoms with Gasteiger partial charge in [0.1, 0.15) is 5.75 Å². The van der Waals surface area contributed by atoms with E-state index in [1.807, 2.05) is 0 Å². The van der Waals surface area contributed by atoms with E-state index in [0.29, 0.717) is 5.75 Å². The number of hydrogen-bond donors (Lipinski definition) is 0. The molecule has 0 heterocycles. The first-order valence-electron chi connectivity index (χ1n) is 4.92. The van der Waals surface area contributed by atoms with Crippen LogP contribution < -0.4 is 4.74 Å². The third-order valence-electron chi connectivity index (χ3n) is 1.90. The van der Waals surface area contributed by atoms with Crippen molar-refractivity contribution in [3.63, 3.8) is 0 Å². The Morgan fingerprint density at radius 2 is 1.83 bits per heavy atom. The molecular formula is C11H11F3O3S. The number of esters is 1. The Morgan fingerprint density at radius 1 is 1.28 bits per heavy atom. The summed E-state index contributed by atoms with van der Waals surface area (Å²) < 4.78 is 45.9. The maximum Gasteiger partial charge on any atom is 0.446 e. The van der Waals surface area contributed by atoms with Crippen LogP contribution in [0, 0.1) is 0 Å². The van der Waals surface area contributed by atoms with Gasteiger partial charge in [-0.05, 0) is 43.0 Å². The van der Waals surface area contributed by atoms with Gasteiger partial charge in [0, 0.05) is 4.90 Å². The van der Waals surface area contributed by atoms with E-state index >= 15 is 0 Å². The van der Waals surface area contributed by atoms with Crippen molar-refractivity contribution in [2.45, 2.75) is 23.4 Å². The summed E-state index contributed by atoms with van der Waals surface area (Å²) in [6, 6.07) is 5.29. The molecule has 0 fully saturated rings. The highest BCUT2D eigenvalue weighted by Gasteiger charge is 2.29. The molecule has 7 heteroatoms. The predicted molar refractivity (Wildman–Crippen MR) is 60.5 cm³/mol. The number of halogens is 3. The largest absolute Gasteiger partial charge is 0.479 e. The minimum Gasteiger partial charge on any atom is -0.479 e. The van der Waals surface area contributed by atoms with Gasteiger partial charge in [-0.3, -0.25) is 0 Å². The molecule has 1 aromatic carbocycles. The monoisotopic (exact) mass is 280 g/mol. The molecule has 0 aromatic heterocycles. The number of carbonyl (C=O) groups is 1. The van der Waals surface area contributed by atoms with Crippen LogP contribution in [0.25, 0.3) is 0 Å². The second kappa shape index (κ2) is 5.99. The van der Waals surface area contributed by atoms with E-state index in [-0.39, 0.29) is 16.7 Å². The Kier molecular flexibility index (Phi) is 4.89. The van der Waals surface area contributed by atoms with Crippen LogP contribution in [0.1, 0.15) is 6.92 Å². The maximum atomic E-state index is 12.1. The maximum absolute atomic E-state index is 12.1. The molecule has 3 nitrogen and oxygen atoms in total. The van der Waals surface area contributed by atoms with E-state index in [1.165, 1.54) is 38.3 Å². The van der Waals surface area contributed by atoms with Crippen molar-refractivity contribution >= 4 is 17.7 Å². The summed E-state index contributed by atoms with van der Waals surface area (Å²) in [5.41, 5.74) is -4.32. The number of methoxy groups -OCH3 is 1. The van der Waals surface area contributed by atoms with Crippen molar-refractivity contribution < 1.29 is 27.4 Å². The third-order valence-corrected chi connectivity index (χ3v) is 2.64. The standard InChI is InChI=1S/C11H11F3O3S/c1-7(10(15)16-2)17-8-3-5-9(6-4-8)18-11(12,13)14/h3-7H,1-2H3. The first kappa shape index (κ1) is 14.7. The molecule has 0 aliphatic rings. The van der Waals surface area contributed by atoms with Gasteiger partial charge >= 0.3 is 11.5 Å². The summed E-state index contributed by atoms with van der Waals surface area (Å²) in [6.45, 7) is 1.49. The number of alkyl halides is 3. The number of benzene rings is 1. The highest BCUT2D eigenvalue weighted by atomic mass is 32.2. The van der Waals surface area contributed by atoms with E-state index in [0.717, 1.165) is 0 Å². The number of carbonyl (C=O) groups excluding carboxylic acids is 1. The fraction of sp³-hybridized carbons (Fsp3) is 0.364. The van der Waals surface area contributed by atoms with Crippen molar-refractivity contribution in [3.8, 4) is 5.75 Å². The molecule has 1 aromatic rings. The Hall–Kier alpha value is -1.37. The Morgan fingerprint density at radius 3 is 2.28 bits per heavy atom. The molecule has 0 saturated heterocycles. The number of ether oxygens (including phenoxy) is 2. The topological polar surface area (TPSA) is 35.5 Å². The highest BCUT2D eigenvalue weighted by molar-refractivity contribution is 8.00. The lowest BCUT2D eigenvalue weighted by Crippen LogP contribution is -2.24. The van der Waals surface area contributed by atoms with Crippen molar-refractivity contribution in [2.24, 2.45) is 0 Å². The quantitative estimate of drug-likeness (QED) is 0.626. The summed E-state index contributed by atoms with van der Waals surface area (Å²) in [5.74, 6) is -0.247. The van der Waals surface area contributed by atoms with Gasteiger partial charge in [-0.15, -0.1) is 0 Å². The molecule has 0 aliphatic heterocycles. The predicted octanol–water partition coefficient (Wildman–Crippen LogP) is 3.24. The number of hydrogen-bond acceptors (Lipinski definition) is 4. The molecular weight excluding hydrogens is 269 g/mol. The van der Waals surface area contributed by atoms with Crippen LogP contribution >= 0.6 is 11.8 Å². The molecule has 18 heavy (non-hydrogen) atoms. The molecule has 0 spiro atoms. The van der Waals surface area contributed by atoms with Crippen LogP contribution in [-0.4, -0.2) is 24.7 Å². The zero-order chi connectivity index (χ0) is 13.8. The van der Waals surface area contributed by atoms with Crippen molar-refractivity contribution in [1.29, 1.82) is 0 Å². The van der Waals surface area contributed by atoms with E-state index < -0.39 is 17.6 Å².